The first-order valence-corrected chi connectivity index (χ1v) is 9.44. The van der Waals surface area contributed by atoms with E-state index >= 15 is 0 Å². The summed E-state index contributed by atoms with van der Waals surface area (Å²) in [5.41, 5.74) is 1.16. The summed E-state index contributed by atoms with van der Waals surface area (Å²) in [6.07, 6.45) is 4.74. The van der Waals surface area contributed by atoms with Crippen LogP contribution in [0.3, 0.4) is 0 Å². The molecule has 2 fully saturated rings. The van der Waals surface area contributed by atoms with Gasteiger partial charge in [0.25, 0.3) is 5.91 Å². The van der Waals surface area contributed by atoms with E-state index in [1.54, 1.807) is 4.90 Å². The zero-order chi connectivity index (χ0) is 17.4. The average molecular weight is 342 g/mol. The molecule has 1 saturated carbocycles. The van der Waals surface area contributed by atoms with Crippen LogP contribution in [0.1, 0.15) is 54.9 Å². The lowest BCUT2D eigenvalue weighted by molar-refractivity contribution is -0.143. The molecule has 134 valence electrons. The fourth-order valence-corrected chi connectivity index (χ4v) is 4.75. The summed E-state index contributed by atoms with van der Waals surface area (Å²) in [6.45, 7) is 4.80. The van der Waals surface area contributed by atoms with Crippen LogP contribution in [0.2, 0.25) is 0 Å². The van der Waals surface area contributed by atoms with Gasteiger partial charge in [-0.25, -0.2) is 0 Å². The number of hydrogen-bond donors (Lipinski definition) is 0. The van der Waals surface area contributed by atoms with Crippen molar-refractivity contribution in [1.82, 2.24) is 9.80 Å². The topological polar surface area (TPSA) is 49.9 Å². The second kappa shape index (κ2) is 6.54. The van der Waals surface area contributed by atoms with Crippen LogP contribution in [0.4, 0.5) is 0 Å². The molecule has 5 heteroatoms. The molecule has 2 heterocycles. The van der Waals surface area contributed by atoms with Gasteiger partial charge >= 0.3 is 0 Å². The van der Waals surface area contributed by atoms with Gasteiger partial charge in [0, 0.05) is 18.7 Å². The molecular weight excluding hydrogens is 316 g/mol. The largest absolute Gasteiger partial charge is 0.379 e. The third kappa shape index (κ3) is 2.61. The summed E-state index contributed by atoms with van der Waals surface area (Å²) < 4.78 is 5.43. The van der Waals surface area contributed by atoms with Gasteiger partial charge in [-0.2, -0.15) is 0 Å². The van der Waals surface area contributed by atoms with Gasteiger partial charge in [-0.15, -0.1) is 0 Å². The highest BCUT2D eigenvalue weighted by atomic mass is 16.5. The minimum absolute atomic E-state index is 0.00916. The van der Waals surface area contributed by atoms with Gasteiger partial charge in [-0.1, -0.05) is 37.5 Å². The van der Waals surface area contributed by atoms with Crippen molar-refractivity contribution in [3.05, 3.63) is 35.4 Å². The maximum atomic E-state index is 13.6. The molecule has 25 heavy (non-hydrogen) atoms. The fourth-order valence-electron chi connectivity index (χ4n) is 4.75. The second-order valence-electron chi connectivity index (χ2n) is 7.45. The summed E-state index contributed by atoms with van der Waals surface area (Å²) >= 11 is 0. The third-order valence-electron chi connectivity index (χ3n) is 6.17. The van der Waals surface area contributed by atoms with Crippen LogP contribution >= 0.6 is 0 Å². The molecule has 0 aromatic heterocycles. The lowest BCUT2D eigenvalue weighted by Crippen LogP contribution is -2.62. The van der Waals surface area contributed by atoms with E-state index in [9.17, 15) is 9.59 Å². The highest BCUT2D eigenvalue weighted by molar-refractivity contribution is 6.13. The normalized spacial score (nSPS) is 25.1. The van der Waals surface area contributed by atoms with E-state index in [2.05, 4.69) is 4.90 Å². The van der Waals surface area contributed by atoms with Gasteiger partial charge in [-0.3, -0.25) is 19.4 Å². The molecule has 1 aromatic rings. The minimum atomic E-state index is -0.511. The summed E-state index contributed by atoms with van der Waals surface area (Å²) in [6, 6.07) is 7.74. The Labute approximate surface area is 148 Å². The van der Waals surface area contributed by atoms with Gasteiger partial charge in [0.15, 0.2) is 0 Å². The molecule has 1 unspecified atom stereocenters. The van der Waals surface area contributed by atoms with Crippen molar-refractivity contribution in [1.29, 1.82) is 0 Å². The Morgan fingerprint density at radius 2 is 1.72 bits per heavy atom. The molecular formula is C20H26N2O3. The number of amides is 2. The number of rotatable bonds is 2. The first-order valence-electron chi connectivity index (χ1n) is 9.44. The number of nitrogens with zero attached hydrogens (tertiary/aromatic N) is 2. The van der Waals surface area contributed by atoms with Crippen LogP contribution in [-0.4, -0.2) is 54.1 Å². The van der Waals surface area contributed by atoms with Gasteiger partial charge in [0.1, 0.15) is 0 Å². The minimum Gasteiger partial charge on any atom is -0.379 e. The van der Waals surface area contributed by atoms with Gasteiger partial charge in [0.05, 0.1) is 24.8 Å². The molecule has 1 aromatic carbocycles. The number of benzene rings is 1. The Hall–Kier alpha value is -1.72. The quantitative estimate of drug-likeness (QED) is 0.775. The SMILES string of the molecule is CC(N1CCOCC1)N1C(=O)c2ccccc2C2(CCCCC2)C1=O. The van der Waals surface area contributed by atoms with E-state index in [0.717, 1.165) is 44.3 Å². The summed E-state index contributed by atoms with van der Waals surface area (Å²) in [7, 11) is 0. The fraction of sp³-hybridized carbons (Fsp3) is 0.600. The molecule has 1 saturated heterocycles. The lowest BCUT2D eigenvalue weighted by Gasteiger charge is -2.48. The number of imide groups is 1. The molecule has 1 spiro atoms. The van der Waals surface area contributed by atoms with E-state index in [1.807, 2.05) is 31.2 Å². The first kappa shape index (κ1) is 16.7. The smallest absolute Gasteiger partial charge is 0.262 e. The molecule has 0 N–H and O–H groups in total. The van der Waals surface area contributed by atoms with Crippen LogP contribution in [0.25, 0.3) is 0 Å². The standard InChI is InChI=1S/C20H26N2O3/c1-15(21-11-13-25-14-12-21)22-18(23)16-7-3-4-8-17(16)20(19(22)24)9-5-2-6-10-20/h3-4,7-8,15H,2,5-6,9-14H2,1H3. The van der Waals surface area contributed by atoms with E-state index in [0.29, 0.717) is 18.8 Å². The third-order valence-corrected chi connectivity index (χ3v) is 6.17. The van der Waals surface area contributed by atoms with Crippen LogP contribution in [0.15, 0.2) is 24.3 Å². The number of ether oxygens (including phenoxy) is 1. The van der Waals surface area contributed by atoms with Crippen molar-refractivity contribution in [3.63, 3.8) is 0 Å². The zero-order valence-corrected chi connectivity index (χ0v) is 14.9. The molecule has 0 radical (unpaired) electrons. The van der Waals surface area contributed by atoms with Crippen molar-refractivity contribution in [3.8, 4) is 0 Å². The first-order chi connectivity index (χ1) is 12.1. The number of morpholine rings is 1. The van der Waals surface area contributed by atoms with E-state index < -0.39 is 5.41 Å². The summed E-state index contributed by atoms with van der Waals surface area (Å²) in [4.78, 5) is 30.5. The molecule has 0 bridgehead atoms. The second-order valence-corrected chi connectivity index (χ2v) is 7.45. The summed E-state index contributed by atoms with van der Waals surface area (Å²) in [5.74, 6) is -0.134. The molecule has 2 aliphatic heterocycles. The Morgan fingerprint density at radius 3 is 2.44 bits per heavy atom. The number of carbonyl (C=O) groups is 2. The van der Waals surface area contributed by atoms with Gasteiger partial charge in [0.2, 0.25) is 5.91 Å². The van der Waals surface area contributed by atoms with Gasteiger partial charge in [-0.05, 0) is 31.4 Å². The predicted molar refractivity (Wildman–Crippen MR) is 94.2 cm³/mol. The van der Waals surface area contributed by atoms with Crippen molar-refractivity contribution < 1.29 is 14.3 Å². The molecule has 1 atom stereocenters. The monoisotopic (exact) mass is 342 g/mol. The maximum absolute atomic E-state index is 13.6. The highest BCUT2D eigenvalue weighted by Crippen LogP contribution is 2.46. The molecule has 2 amide bonds. The van der Waals surface area contributed by atoms with Crippen molar-refractivity contribution in [2.45, 2.75) is 50.6 Å². The zero-order valence-electron chi connectivity index (χ0n) is 14.9. The van der Waals surface area contributed by atoms with Crippen molar-refractivity contribution in [2.24, 2.45) is 0 Å². The Bertz CT molecular complexity index is 675. The number of carbonyl (C=O) groups excluding carboxylic acids is 2. The number of hydrogen-bond acceptors (Lipinski definition) is 4. The Kier molecular flexibility index (Phi) is 4.38. The van der Waals surface area contributed by atoms with Gasteiger partial charge < -0.3 is 4.74 Å². The molecule has 1 aliphatic carbocycles. The van der Waals surface area contributed by atoms with E-state index in [4.69, 9.17) is 4.74 Å². The molecule has 4 rings (SSSR count). The van der Waals surface area contributed by atoms with Crippen molar-refractivity contribution in [2.75, 3.05) is 26.3 Å². The predicted octanol–water partition coefficient (Wildman–Crippen LogP) is 2.55. The Morgan fingerprint density at radius 1 is 1.04 bits per heavy atom. The maximum Gasteiger partial charge on any atom is 0.262 e. The van der Waals surface area contributed by atoms with Crippen LogP contribution < -0.4 is 0 Å². The van der Waals surface area contributed by atoms with Crippen LogP contribution in [0, 0.1) is 0 Å². The Balaban J connectivity index is 1.76. The van der Waals surface area contributed by atoms with Crippen molar-refractivity contribution >= 4 is 11.8 Å². The van der Waals surface area contributed by atoms with E-state index in [1.165, 1.54) is 6.42 Å². The molecule has 3 aliphatic rings. The van der Waals surface area contributed by atoms with E-state index in [-0.39, 0.29) is 18.0 Å². The molecule has 5 nitrogen and oxygen atoms in total. The highest BCUT2D eigenvalue weighted by Gasteiger charge is 2.52. The van der Waals surface area contributed by atoms with Crippen LogP contribution in [0.5, 0.6) is 0 Å². The number of fused-ring (bicyclic) bond motifs is 2. The van der Waals surface area contributed by atoms with Crippen LogP contribution in [-0.2, 0) is 14.9 Å². The lowest BCUT2D eigenvalue weighted by atomic mass is 9.65. The summed E-state index contributed by atoms with van der Waals surface area (Å²) in [5, 5.41) is 0. The average Bonchev–Trinajstić information content (AvgIpc) is 2.68.